The summed E-state index contributed by atoms with van der Waals surface area (Å²) in [6, 6.07) is 2.06. The van der Waals surface area contributed by atoms with Gasteiger partial charge < -0.3 is 14.7 Å². The number of piperidine rings is 1. The summed E-state index contributed by atoms with van der Waals surface area (Å²) in [4.78, 5) is 14.5. The SMILES string of the molecule is Cc1cc(C2CCCN2C(=O)CCC2CCCNC2)on1. The number of nitrogens with one attached hydrogen (secondary N) is 1. The van der Waals surface area contributed by atoms with Crippen LogP contribution in [-0.2, 0) is 4.79 Å². The topological polar surface area (TPSA) is 58.4 Å². The van der Waals surface area contributed by atoms with Crippen molar-refractivity contribution >= 4 is 5.91 Å². The number of carbonyl (C=O) groups excluding carboxylic acids is 1. The fourth-order valence-electron chi connectivity index (χ4n) is 3.54. The third-order valence-corrected chi connectivity index (χ3v) is 4.71. The van der Waals surface area contributed by atoms with E-state index in [0.717, 1.165) is 50.4 Å². The van der Waals surface area contributed by atoms with Gasteiger partial charge >= 0.3 is 0 Å². The number of hydrogen-bond acceptors (Lipinski definition) is 4. The molecule has 1 amide bonds. The zero-order valence-corrected chi connectivity index (χ0v) is 12.8. The van der Waals surface area contributed by atoms with Crippen molar-refractivity contribution in [3.05, 3.63) is 17.5 Å². The van der Waals surface area contributed by atoms with Crippen LogP contribution >= 0.6 is 0 Å². The Bertz CT molecular complexity index is 480. The molecule has 0 spiro atoms. The predicted molar refractivity (Wildman–Crippen MR) is 79.8 cm³/mol. The van der Waals surface area contributed by atoms with Crippen molar-refractivity contribution in [2.24, 2.45) is 5.92 Å². The van der Waals surface area contributed by atoms with Gasteiger partial charge in [-0.25, -0.2) is 0 Å². The summed E-state index contributed by atoms with van der Waals surface area (Å²) in [6.45, 7) is 4.97. The highest BCUT2D eigenvalue weighted by Crippen LogP contribution is 2.33. The summed E-state index contributed by atoms with van der Waals surface area (Å²) >= 11 is 0. The second-order valence-electron chi connectivity index (χ2n) is 6.37. The molecule has 0 radical (unpaired) electrons. The number of aromatic nitrogens is 1. The summed E-state index contributed by atoms with van der Waals surface area (Å²) in [5, 5.41) is 7.37. The van der Waals surface area contributed by atoms with E-state index in [4.69, 9.17) is 4.52 Å². The molecule has 1 N–H and O–H groups in total. The number of rotatable bonds is 4. The molecule has 2 saturated heterocycles. The Hall–Kier alpha value is -1.36. The molecular weight excluding hydrogens is 266 g/mol. The summed E-state index contributed by atoms with van der Waals surface area (Å²) in [5.74, 6) is 1.78. The van der Waals surface area contributed by atoms with Crippen molar-refractivity contribution in [3.63, 3.8) is 0 Å². The molecule has 2 atom stereocenters. The maximum atomic E-state index is 12.5. The highest BCUT2D eigenvalue weighted by molar-refractivity contribution is 5.77. The van der Waals surface area contributed by atoms with E-state index in [1.807, 2.05) is 17.9 Å². The molecule has 5 heteroatoms. The predicted octanol–water partition coefficient (Wildman–Crippen LogP) is 2.43. The fourth-order valence-corrected chi connectivity index (χ4v) is 3.54. The van der Waals surface area contributed by atoms with E-state index in [1.165, 1.54) is 12.8 Å². The van der Waals surface area contributed by atoms with Crippen LogP contribution in [0.3, 0.4) is 0 Å². The summed E-state index contributed by atoms with van der Waals surface area (Å²) in [5.41, 5.74) is 0.887. The average molecular weight is 291 g/mol. The molecule has 0 bridgehead atoms. The van der Waals surface area contributed by atoms with Gasteiger partial charge in [0.2, 0.25) is 5.91 Å². The molecule has 1 aromatic rings. The van der Waals surface area contributed by atoms with Gasteiger partial charge in [-0.2, -0.15) is 0 Å². The number of likely N-dealkylation sites (tertiary alicyclic amines) is 1. The van der Waals surface area contributed by atoms with Crippen LogP contribution in [0.1, 0.15) is 56.0 Å². The van der Waals surface area contributed by atoms with Gasteiger partial charge in [0.15, 0.2) is 5.76 Å². The lowest BCUT2D eigenvalue weighted by atomic mass is 9.94. The van der Waals surface area contributed by atoms with Gasteiger partial charge in [0.05, 0.1) is 11.7 Å². The minimum atomic E-state index is 0.100. The Balaban J connectivity index is 1.55. The maximum Gasteiger partial charge on any atom is 0.223 e. The Labute approximate surface area is 126 Å². The fraction of sp³-hybridized carbons (Fsp3) is 0.750. The van der Waals surface area contributed by atoms with Crippen molar-refractivity contribution < 1.29 is 9.32 Å². The third kappa shape index (κ3) is 3.46. The Morgan fingerprint density at radius 3 is 3.10 bits per heavy atom. The molecule has 21 heavy (non-hydrogen) atoms. The van der Waals surface area contributed by atoms with E-state index >= 15 is 0 Å². The van der Waals surface area contributed by atoms with Crippen LogP contribution in [-0.4, -0.2) is 35.6 Å². The number of carbonyl (C=O) groups is 1. The number of hydrogen-bond donors (Lipinski definition) is 1. The number of amides is 1. The van der Waals surface area contributed by atoms with E-state index in [0.29, 0.717) is 12.3 Å². The highest BCUT2D eigenvalue weighted by atomic mass is 16.5. The molecule has 0 aromatic carbocycles. The van der Waals surface area contributed by atoms with E-state index in [9.17, 15) is 4.79 Å². The van der Waals surface area contributed by atoms with Crippen molar-refractivity contribution in [1.29, 1.82) is 0 Å². The van der Waals surface area contributed by atoms with Crippen LogP contribution in [0, 0.1) is 12.8 Å². The van der Waals surface area contributed by atoms with Crippen molar-refractivity contribution in [3.8, 4) is 0 Å². The van der Waals surface area contributed by atoms with Crippen molar-refractivity contribution in [2.45, 2.75) is 51.5 Å². The van der Waals surface area contributed by atoms with Gasteiger partial charge in [0, 0.05) is 19.0 Å². The molecule has 116 valence electrons. The molecule has 1 aromatic heterocycles. The molecule has 5 nitrogen and oxygen atoms in total. The lowest BCUT2D eigenvalue weighted by Crippen LogP contribution is -2.33. The van der Waals surface area contributed by atoms with E-state index in [2.05, 4.69) is 10.5 Å². The highest BCUT2D eigenvalue weighted by Gasteiger charge is 2.32. The smallest absolute Gasteiger partial charge is 0.223 e. The van der Waals surface area contributed by atoms with Crippen LogP contribution in [0.4, 0.5) is 0 Å². The van der Waals surface area contributed by atoms with Crippen LogP contribution in [0.25, 0.3) is 0 Å². The van der Waals surface area contributed by atoms with Crippen molar-refractivity contribution in [1.82, 2.24) is 15.4 Å². The second kappa shape index (κ2) is 6.60. The summed E-state index contributed by atoms with van der Waals surface area (Å²) in [7, 11) is 0. The van der Waals surface area contributed by atoms with E-state index in [-0.39, 0.29) is 11.9 Å². The maximum absolute atomic E-state index is 12.5. The second-order valence-corrected chi connectivity index (χ2v) is 6.37. The lowest BCUT2D eigenvalue weighted by Gasteiger charge is -2.25. The number of nitrogens with zero attached hydrogens (tertiary/aromatic N) is 2. The van der Waals surface area contributed by atoms with Crippen LogP contribution in [0.5, 0.6) is 0 Å². The minimum Gasteiger partial charge on any atom is -0.359 e. The Morgan fingerprint density at radius 1 is 1.48 bits per heavy atom. The first-order valence-corrected chi connectivity index (χ1v) is 8.17. The molecule has 3 heterocycles. The average Bonchev–Trinajstić information content (AvgIpc) is 3.14. The molecule has 0 aliphatic carbocycles. The molecule has 3 rings (SSSR count). The Morgan fingerprint density at radius 2 is 2.38 bits per heavy atom. The summed E-state index contributed by atoms with van der Waals surface area (Å²) < 4.78 is 5.37. The molecule has 2 fully saturated rings. The van der Waals surface area contributed by atoms with Crippen LogP contribution in [0.15, 0.2) is 10.6 Å². The first kappa shape index (κ1) is 14.6. The molecule has 2 aliphatic rings. The monoisotopic (exact) mass is 291 g/mol. The lowest BCUT2D eigenvalue weighted by molar-refractivity contribution is -0.132. The normalized spacial score (nSPS) is 26.2. The van der Waals surface area contributed by atoms with Crippen molar-refractivity contribution in [2.75, 3.05) is 19.6 Å². The number of aryl methyl sites for hydroxylation is 1. The van der Waals surface area contributed by atoms with Gasteiger partial charge in [-0.3, -0.25) is 4.79 Å². The zero-order valence-electron chi connectivity index (χ0n) is 12.8. The van der Waals surface area contributed by atoms with Gasteiger partial charge in [-0.15, -0.1) is 0 Å². The van der Waals surface area contributed by atoms with E-state index in [1.54, 1.807) is 0 Å². The molecule has 2 unspecified atom stereocenters. The van der Waals surface area contributed by atoms with Crippen LogP contribution in [0.2, 0.25) is 0 Å². The molecule has 0 saturated carbocycles. The van der Waals surface area contributed by atoms with Gasteiger partial charge in [0.25, 0.3) is 0 Å². The molecule has 2 aliphatic heterocycles. The first-order chi connectivity index (χ1) is 10.2. The van der Waals surface area contributed by atoms with Crippen LogP contribution < -0.4 is 5.32 Å². The van der Waals surface area contributed by atoms with E-state index < -0.39 is 0 Å². The minimum absolute atomic E-state index is 0.100. The Kier molecular flexibility index (Phi) is 4.58. The third-order valence-electron chi connectivity index (χ3n) is 4.71. The van der Waals surface area contributed by atoms with Gasteiger partial charge in [-0.05, 0) is 58.0 Å². The zero-order chi connectivity index (χ0) is 14.7. The van der Waals surface area contributed by atoms with Gasteiger partial charge in [-0.1, -0.05) is 5.16 Å². The quantitative estimate of drug-likeness (QED) is 0.925. The largest absolute Gasteiger partial charge is 0.359 e. The van der Waals surface area contributed by atoms with Gasteiger partial charge in [0.1, 0.15) is 0 Å². The standard InChI is InChI=1S/C16H25N3O2/c1-12-10-15(21-18-12)14-5-3-9-19(14)16(20)7-6-13-4-2-8-17-11-13/h10,13-14,17H,2-9,11H2,1H3. The summed E-state index contributed by atoms with van der Waals surface area (Å²) in [6.07, 6.45) is 6.21. The first-order valence-electron chi connectivity index (χ1n) is 8.17. The molecular formula is C16H25N3O2.